The van der Waals surface area contributed by atoms with Crippen molar-refractivity contribution >= 4 is 57.0 Å². The van der Waals surface area contributed by atoms with Crippen LogP contribution in [0.25, 0.3) is 16.7 Å². The van der Waals surface area contributed by atoms with Gasteiger partial charge in [-0.2, -0.15) is 0 Å². The van der Waals surface area contributed by atoms with Crippen molar-refractivity contribution in [1.82, 2.24) is 4.57 Å². The van der Waals surface area contributed by atoms with Crippen LogP contribution in [0.15, 0.2) is 59.5 Å². The second-order valence-electron chi connectivity index (χ2n) is 6.37. The fraction of sp³-hybridized carbons (Fsp3) is 0.0476. The third-order valence-electron chi connectivity index (χ3n) is 4.33. The van der Waals surface area contributed by atoms with E-state index in [-0.39, 0.29) is 23.1 Å². The fourth-order valence-corrected chi connectivity index (χ4v) is 3.44. The Balaban J connectivity index is 2.08. The Morgan fingerprint density at radius 1 is 1.03 bits per heavy atom. The Kier molecular flexibility index (Phi) is 6.01. The number of fused-ring (bicyclic) bond motifs is 1. The van der Waals surface area contributed by atoms with Crippen molar-refractivity contribution in [3.63, 3.8) is 0 Å². The van der Waals surface area contributed by atoms with E-state index in [4.69, 9.17) is 5.11 Å². The van der Waals surface area contributed by atoms with Crippen LogP contribution in [0.1, 0.15) is 21.5 Å². The lowest BCUT2D eigenvalue weighted by molar-refractivity contribution is -0.146. The van der Waals surface area contributed by atoms with Crippen LogP contribution in [0.4, 0.5) is 0 Å². The minimum atomic E-state index is -1.69. The summed E-state index contributed by atoms with van der Waals surface area (Å²) in [5, 5.41) is 28.4. The number of carboxylic acids is 2. The summed E-state index contributed by atoms with van der Waals surface area (Å²) >= 11 is 2.04. The SMILES string of the molecule is O=C(O)C(=O)/C=C(\O)c1cccc(Cn2cc(C(=O)O)c(=O)c3cc(I)ccc32)c1. The number of aromatic carboxylic acids is 1. The number of aliphatic hydroxyl groups excluding tert-OH is 1. The number of aliphatic hydroxyl groups is 1. The number of hydrogen-bond donors (Lipinski definition) is 3. The first-order chi connectivity index (χ1) is 14.2. The van der Waals surface area contributed by atoms with E-state index in [0.717, 1.165) is 3.57 Å². The van der Waals surface area contributed by atoms with Crippen molar-refractivity contribution in [2.24, 2.45) is 0 Å². The molecule has 0 atom stereocenters. The number of carbonyl (C=O) groups is 3. The van der Waals surface area contributed by atoms with Crippen molar-refractivity contribution in [1.29, 1.82) is 0 Å². The number of hydrogen-bond acceptors (Lipinski definition) is 5. The van der Waals surface area contributed by atoms with Crippen LogP contribution in [0.2, 0.25) is 0 Å². The molecular formula is C21H14INO7. The number of carboxylic acid groups (broad SMARTS) is 2. The summed E-state index contributed by atoms with van der Waals surface area (Å²) in [5.74, 6) is -4.79. The zero-order valence-electron chi connectivity index (χ0n) is 15.2. The molecule has 0 bridgehead atoms. The molecule has 152 valence electrons. The molecular weight excluding hydrogens is 505 g/mol. The molecule has 0 aliphatic rings. The van der Waals surface area contributed by atoms with Crippen LogP contribution in [0, 0.1) is 3.57 Å². The topological polar surface area (TPSA) is 134 Å². The third kappa shape index (κ3) is 4.40. The smallest absolute Gasteiger partial charge is 0.376 e. The lowest BCUT2D eigenvalue weighted by Crippen LogP contribution is -2.19. The zero-order chi connectivity index (χ0) is 22.0. The number of aromatic nitrogens is 1. The highest BCUT2D eigenvalue weighted by Crippen LogP contribution is 2.19. The maximum Gasteiger partial charge on any atom is 0.376 e. The highest BCUT2D eigenvalue weighted by atomic mass is 127. The van der Waals surface area contributed by atoms with E-state index in [2.05, 4.69) is 0 Å². The summed E-state index contributed by atoms with van der Waals surface area (Å²) < 4.78 is 2.39. The first-order valence-electron chi connectivity index (χ1n) is 8.50. The van der Waals surface area contributed by atoms with E-state index in [9.17, 15) is 29.4 Å². The number of rotatable bonds is 6. The number of aliphatic carboxylic acids is 1. The normalized spacial score (nSPS) is 11.4. The average Bonchev–Trinajstić information content (AvgIpc) is 2.69. The van der Waals surface area contributed by atoms with Gasteiger partial charge < -0.3 is 19.9 Å². The molecule has 30 heavy (non-hydrogen) atoms. The van der Waals surface area contributed by atoms with Crippen molar-refractivity contribution in [2.45, 2.75) is 6.54 Å². The number of ketones is 1. The molecule has 0 amide bonds. The van der Waals surface area contributed by atoms with E-state index in [1.807, 2.05) is 22.6 Å². The van der Waals surface area contributed by atoms with Gasteiger partial charge in [0.25, 0.3) is 5.78 Å². The summed E-state index contributed by atoms with van der Waals surface area (Å²) in [7, 11) is 0. The minimum Gasteiger partial charge on any atom is -0.507 e. The Morgan fingerprint density at radius 3 is 2.43 bits per heavy atom. The summed E-state index contributed by atoms with van der Waals surface area (Å²) in [6, 6.07) is 11.5. The number of halogens is 1. The fourth-order valence-electron chi connectivity index (χ4n) is 2.95. The largest absolute Gasteiger partial charge is 0.507 e. The van der Waals surface area contributed by atoms with Crippen LogP contribution in [0.5, 0.6) is 0 Å². The van der Waals surface area contributed by atoms with Crippen LogP contribution in [0.3, 0.4) is 0 Å². The summed E-state index contributed by atoms with van der Waals surface area (Å²) in [6.07, 6.45) is 1.87. The average molecular weight is 519 g/mol. The maximum absolute atomic E-state index is 12.5. The molecule has 0 saturated heterocycles. The molecule has 0 spiro atoms. The van der Waals surface area contributed by atoms with Crippen LogP contribution in [-0.4, -0.2) is 37.6 Å². The van der Waals surface area contributed by atoms with Crippen molar-refractivity contribution in [3.05, 3.63) is 85.2 Å². The molecule has 0 fully saturated rings. The molecule has 3 rings (SSSR count). The van der Waals surface area contributed by atoms with Crippen LogP contribution < -0.4 is 5.43 Å². The van der Waals surface area contributed by atoms with Crippen molar-refractivity contribution in [2.75, 3.05) is 0 Å². The first-order valence-corrected chi connectivity index (χ1v) is 9.58. The minimum absolute atomic E-state index is 0.172. The molecule has 0 aliphatic carbocycles. The number of carbonyl (C=O) groups excluding carboxylic acids is 1. The van der Waals surface area contributed by atoms with Gasteiger partial charge in [0.1, 0.15) is 11.3 Å². The Hall–Kier alpha value is -3.47. The van der Waals surface area contributed by atoms with E-state index in [1.54, 1.807) is 34.9 Å². The van der Waals surface area contributed by atoms with Gasteiger partial charge in [0.05, 0.1) is 5.52 Å². The van der Waals surface area contributed by atoms with Crippen molar-refractivity contribution in [3.8, 4) is 0 Å². The van der Waals surface area contributed by atoms with E-state index < -0.39 is 28.9 Å². The van der Waals surface area contributed by atoms with Gasteiger partial charge in [-0.1, -0.05) is 18.2 Å². The molecule has 0 aliphatic heterocycles. The van der Waals surface area contributed by atoms with Gasteiger partial charge in [-0.15, -0.1) is 0 Å². The Morgan fingerprint density at radius 2 is 1.77 bits per heavy atom. The predicted molar refractivity (Wildman–Crippen MR) is 117 cm³/mol. The van der Waals surface area contributed by atoms with Crippen LogP contribution >= 0.6 is 22.6 Å². The quantitative estimate of drug-likeness (QED) is 0.197. The Labute approximate surface area is 182 Å². The molecule has 3 N–H and O–H groups in total. The van der Waals surface area contributed by atoms with Crippen LogP contribution in [-0.2, 0) is 16.1 Å². The zero-order valence-corrected chi connectivity index (χ0v) is 17.4. The number of nitrogens with zero attached hydrogens (tertiary/aromatic N) is 1. The van der Waals surface area contributed by atoms with E-state index in [1.165, 1.54) is 18.3 Å². The Bertz CT molecular complexity index is 1290. The van der Waals surface area contributed by atoms with Gasteiger partial charge in [0, 0.05) is 33.3 Å². The summed E-state index contributed by atoms with van der Waals surface area (Å²) in [6.45, 7) is 0.172. The first kappa shape index (κ1) is 21.2. The van der Waals surface area contributed by atoms with Gasteiger partial charge in [0.2, 0.25) is 5.43 Å². The molecule has 1 aromatic heterocycles. The molecule has 1 heterocycles. The molecule has 0 radical (unpaired) electrons. The molecule has 9 heteroatoms. The molecule has 3 aromatic rings. The van der Waals surface area contributed by atoms with Gasteiger partial charge >= 0.3 is 11.9 Å². The standard InChI is InChI=1S/C21H14INO7/c22-13-4-5-16-14(7-13)19(26)15(20(27)28)10-23(16)9-11-2-1-3-12(6-11)17(24)8-18(25)21(29)30/h1-8,10,24H,9H2,(H,27,28)(H,29,30)/b17-8-. The van der Waals surface area contributed by atoms with Crippen molar-refractivity contribution < 1.29 is 29.7 Å². The maximum atomic E-state index is 12.5. The van der Waals surface area contributed by atoms with E-state index in [0.29, 0.717) is 17.2 Å². The molecule has 0 unspecified atom stereocenters. The number of benzene rings is 2. The third-order valence-corrected chi connectivity index (χ3v) is 5.00. The highest BCUT2D eigenvalue weighted by Gasteiger charge is 2.15. The van der Waals surface area contributed by atoms with Gasteiger partial charge in [-0.25, -0.2) is 9.59 Å². The summed E-state index contributed by atoms with van der Waals surface area (Å²) in [5.41, 5.74) is 0.455. The predicted octanol–water partition coefficient (Wildman–Crippen LogP) is 2.91. The lowest BCUT2D eigenvalue weighted by Gasteiger charge is -2.13. The summed E-state index contributed by atoms with van der Waals surface area (Å²) in [4.78, 5) is 46.0. The van der Waals surface area contributed by atoms with Gasteiger partial charge in [-0.05, 0) is 52.4 Å². The number of pyridine rings is 1. The van der Waals surface area contributed by atoms with Gasteiger partial charge in [-0.3, -0.25) is 9.59 Å². The molecule has 8 nitrogen and oxygen atoms in total. The highest BCUT2D eigenvalue weighted by molar-refractivity contribution is 14.1. The van der Waals surface area contributed by atoms with Gasteiger partial charge in [0.15, 0.2) is 0 Å². The second-order valence-corrected chi connectivity index (χ2v) is 7.61. The van der Waals surface area contributed by atoms with E-state index >= 15 is 0 Å². The second kappa shape index (κ2) is 8.49. The monoisotopic (exact) mass is 519 g/mol. The molecule has 2 aromatic carbocycles. The molecule has 0 saturated carbocycles. The lowest BCUT2D eigenvalue weighted by atomic mass is 10.1.